The van der Waals surface area contributed by atoms with Crippen molar-refractivity contribution in [2.75, 3.05) is 25.0 Å². The largest absolute Gasteiger partial charge is 0.351 e. The number of anilines is 1. The molecule has 0 saturated carbocycles. The molecule has 0 aliphatic carbocycles. The van der Waals surface area contributed by atoms with Crippen LogP contribution in [0.5, 0.6) is 0 Å². The van der Waals surface area contributed by atoms with E-state index in [0.29, 0.717) is 11.2 Å². The maximum absolute atomic E-state index is 13.5. The van der Waals surface area contributed by atoms with Gasteiger partial charge in [0.15, 0.2) is 0 Å². The van der Waals surface area contributed by atoms with E-state index in [1.807, 2.05) is 6.07 Å². The fourth-order valence-electron chi connectivity index (χ4n) is 5.07. The van der Waals surface area contributed by atoms with Gasteiger partial charge in [0, 0.05) is 30.4 Å². The number of fused-ring (bicyclic) bond motifs is 1. The van der Waals surface area contributed by atoms with Crippen LogP contribution in [-0.4, -0.2) is 43.0 Å². The van der Waals surface area contributed by atoms with E-state index in [0.717, 1.165) is 56.3 Å². The number of aromatic nitrogens is 1. The Hall–Kier alpha value is -3.88. The van der Waals surface area contributed by atoms with E-state index >= 15 is 0 Å². The molecular weight excluding hydrogens is 496 g/mol. The molecule has 2 amide bonds. The van der Waals surface area contributed by atoms with Crippen molar-refractivity contribution in [3.63, 3.8) is 0 Å². The van der Waals surface area contributed by atoms with Crippen LogP contribution in [0.1, 0.15) is 30.4 Å². The molecule has 1 aromatic heterocycles. The van der Waals surface area contributed by atoms with Crippen LogP contribution in [0.2, 0.25) is 0 Å². The minimum atomic E-state index is -3.77. The maximum Gasteiger partial charge on any atom is 0.316 e. The Labute approximate surface area is 223 Å². The van der Waals surface area contributed by atoms with Crippen LogP contribution in [0.3, 0.4) is 0 Å². The molecule has 1 aliphatic heterocycles. The first kappa shape index (κ1) is 25.8. The van der Waals surface area contributed by atoms with Crippen LogP contribution < -0.4 is 11.1 Å². The number of benzene rings is 3. The molecule has 2 heterocycles. The summed E-state index contributed by atoms with van der Waals surface area (Å²) in [7, 11) is -3.77. The number of amides is 2. The van der Waals surface area contributed by atoms with Crippen molar-refractivity contribution >= 4 is 38.2 Å². The molecule has 0 atom stereocenters. The van der Waals surface area contributed by atoms with Gasteiger partial charge in [0.25, 0.3) is 10.0 Å². The molecule has 8 heteroatoms. The Morgan fingerprint density at radius 2 is 1.68 bits per heavy atom. The monoisotopic (exact) mass is 528 g/mol. The molecule has 7 nitrogen and oxygen atoms in total. The number of rotatable bonds is 9. The van der Waals surface area contributed by atoms with E-state index in [2.05, 4.69) is 40.6 Å². The molecule has 1 aliphatic rings. The molecule has 4 aromatic rings. The number of urea groups is 1. The maximum atomic E-state index is 13.5. The summed E-state index contributed by atoms with van der Waals surface area (Å²) in [4.78, 5) is 14.1. The van der Waals surface area contributed by atoms with Crippen LogP contribution in [0, 0.1) is 0 Å². The van der Waals surface area contributed by atoms with E-state index in [4.69, 9.17) is 5.73 Å². The lowest BCUT2D eigenvalue weighted by molar-refractivity contribution is 0.259. The molecule has 0 unspecified atom stereocenters. The quantitative estimate of drug-likeness (QED) is 0.281. The molecule has 0 spiro atoms. The minimum Gasteiger partial charge on any atom is -0.351 e. The van der Waals surface area contributed by atoms with E-state index in [9.17, 15) is 13.2 Å². The summed E-state index contributed by atoms with van der Waals surface area (Å²) in [5.41, 5.74) is 10.1. The summed E-state index contributed by atoms with van der Waals surface area (Å²) < 4.78 is 28.2. The average molecular weight is 529 g/mol. The zero-order valence-electron chi connectivity index (χ0n) is 21.2. The lowest BCUT2D eigenvalue weighted by Crippen LogP contribution is -2.29. The molecule has 3 aromatic carbocycles. The van der Waals surface area contributed by atoms with Crippen LogP contribution in [0.25, 0.3) is 16.5 Å². The zero-order valence-corrected chi connectivity index (χ0v) is 22.0. The number of carbonyl (C=O) groups is 1. The second kappa shape index (κ2) is 11.2. The van der Waals surface area contributed by atoms with Crippen molar-refractivity contribution in [2.45, 2.75) is 30.6 Å². The first-order chi connectivity index (χ1) is 18.4. The van der Waals surface area contributed by atoms with Crippen molar-refractivity contribution in [3.8, 4) is 0 Å². The van der Waals surface area contributed by atoms with Crippen LogP contribution >= 0.6 is 0 Å². The fourth-order valence-corrected chi connectivity index (χ4v) is 6.48. The number of nitrogens with zero attached hydrogens (tertiary/aromatic N) is 2. The number of aryl methyl sites for hydroxylation is 1. The first-order valence-corrected chi connectivity index (χ1v) is 14.3. The van der Waals surface area contributed by atoms with Crippen molar-refractivity contribution in [3.05, 3.63) is 102 Å². The average Bonchev–Trinajstić information content (AvgIpc) is 3.31. The summed E-state index contributed by atoms with van der Waals surface area (Å²) in [6, 6.07) is 23.5. The zero-order chi connectivity index (χ0) is 26.5. The van der Waals surface area contributed by atoms with Gasteiger partial charge in [-0.1, -0.05) is 54.6 Å². The molecule has 0 saturated heterocycles. The van der Waals surface area contributed by atoms with Gasteiger partial charge in [-0.3, -0.25) is 4.90 Å². The molecule has 3 N–H and O–H groups in total. The molecule has 0 bridgehead atoms. The van der Waals surface area contributed by atoms with Crippen molar-refractivity contribution in [1.29, 1.82) is 0 Å². The standard InChI is InChI=1S/C30H32N4O3S/c31-30(35)32-26-14-15-29-28(21-26)25(22-34(29)38(36,37)27-12-5-2-6-13-27)11-7-8-18-33-19-16-24(17-20-33)23-9-3-1-4-10-23/h1-6,9-10,12-16,21-22H,7-8,11,17-20H2,(H3,31,32,35). The number of primary amides is 1. The van der Waals surface area contributed by atoms with Gasteiger partial charge in [-0.15, -0.1) is 0 Å². The van der Waals surface area contributed by atoms with Gasteiger partial charge < -0.3 is 11.1 Å². The van der Waals surface area contributed by atoms with Crippen LogP contribution in [0.4, 0.5) is 10.5 Å². The second-order valence-electron chi connectivity index (χ2n) is 9.59. The van der Waals surface area contributed by atoms with E-state index in [1.165, 1.54) is 15.1 Å². The SMILES string of the molecule is NC(=O)Nc1ccc2c(c1)c(CCCCN1CC=C(c3ccccc3)CC1)cn2S(=O)(=O)c1ccccc1. The Morgan fingerprint density at radius 3 is 2.37 bits per heavy atom. The topological polar surface area (TPSA) is 97.4 Å². The third-order valence-electron chi connectivity index (χ3n) is 7.03. The Kier molecular flexibility index (Phi) is 7.62. The lowest BCUT2D eigenvalue weighted by Gasteiger charge is -2.26. The van der Waals surface area contributed by atoms with Crippen molar-refractivity contribution < 1.29 is 13.2 Å². The van der Waals surface area contributed by atoms with E-state index < -0.39 is 16.1 Å². The van der Waals surface area contributed by atoms with Gasteiger partial charge in [0.05, 0.1) is 10.4 Å². The summed E-state index contributed by atoms with van der Waals surface area (Å²) in [5, 5.41) is 3.39. The van der Waals surface area contributed by atoms with Gasteiger partial charge in [-0.05, 0) is 79.3 Å². The van der Waals surface area contributed by atoms with Crippen molar-refractivity contribution in [1.82, 2.24) is 8.87 Å². The summed E-state index contributed by atoms with van der Waals surface area (Å²) in [5.74, 6) is 0. The first-order valence-electron chi connectivity index (χ1n) is 12.9. The van der Waals surface area contributed by atoms with Crippen LogP contribution in [0.15, 0.2) is 96.0 Å². The number of hydrogen-bond acceptors (Lipinski definition) is 4. The van der Waals surface area contributed by atoms with E-state index in [-0.39, 0.29) is 4.90 Å². The minimum absolute atomic E-state index is 0.232. The molecule has 38 heavy (non-hydrogen) atoms. The highest BCUT2D eigenvalue weighted by Gasteiger charge is 2.21. The normalized spacial score (nSPS) is 14.4. The molecule has 196 valence electrons. The van der Waals surface area contributed by atoms with Gasteiger partial charge in [0.2, 0.25) is 0 Å². The summed E-state index contributed by atoms with van der Waals surface area (Å²) >= 11 is 0. The van der Waals surface area contributed by atoms with Gasteiger partial charge in [-0.2, -0.15) is 0 Å². The van der Waals surface area contributed by atoms with Crippen molar-refractivity contribution in [2.24, 2.45) is 5.73 Å². The molecule has 0 radical (unpaired) electrons. The number of carbonyl (C=O) groups excluding carboxylic acids is 1. The molecular formula is C30H32N4O3S. The van der Waals surface area contributed by atoms with Gasteiger partial charge >= 0.3 is 6.03 Å². The highest BCUT2D eigenvalue weighted by Crippen LogP contribution is 2.30. The number of nitrogens with one attached hydrogen (secondary N) is 1. The highest BCUT2D eigenvalue weighted by atomic mass is 32.2. The molecule has 5 rings (SSSR count). The third kappa shape index (κ3) is 5.66. The smallest absolute Gasteiger partial charge is 0.316 e. The number of hydrogen-bond donors (Lipinski definition) is 2. The second-order valence-corrected chi connectivity index (χ2v) is 11.4. The van der Waals surface area contributed by atoms with Gasteiger partial charge in [0.1, 0.15) is 0 Å². The Morgan fingerprint density at radius 1 is 0.947 bits per heavy atom. The summed E-state index contributed by atoms with van der Waals surface area (Å²) in [6.45, 7) is 2.98. The third-order valence-corrected chi connectivity index (χ3v) is 8.72. The number of nitrogens with two attached hydrogens (primary N) is 1. The Balaban J connectivity index is 1.30. The fraction of sp³-hybridized carbons (Fsp3) is 0.233. The van der Waals surface area contributed by atoms with Crippen LogP contribution in [-0.2, 0) is 16.4 Å². The van der Waals surface area contributed by atoms with E-state index in [1.54, 1.807) is 54.7 Å². The summed E-state index contributed by atoms with van der Waals surface area (Å²) in [6.07, 6.45) is 7.75. The van der Waals surface area contributed by atoms with Gasteiger partial charge in [-0.25, -0.2) is 17.2 Å². The predicted octanol–water partition coefficient (Wildman–Crippen LogP) is 5.48. The Bertz CT molecular complexity index is 1560. The number of unbranched alkanes of at least 4 members (excludes halogenated alkanes) is 1. The predicted molar refractivity (Wildman–Crippen MR) is 153 cm³/mol. The lowest BCUT2D eigenvalue weighted by atomic mass is 9.99. The highest BCUT2D eigenvalue weighted by molar-refractivity contribution is 7.90. The molecule has 0 fully saturated rings.